The molecule has 0 saturated heterocycles. The highest BCUT2D eigenvalue weighted by Gasteiger charge is 2.40. The molecule has 2 heterocycles. The maximum atomic E-state index is 13.3. The molecule has 1 N–H and O–H groups in total. The minimum atomic E-state index is -4.71. The van der Waals surface area contributed by atoms with Crippen molar-refractivity contribution >= 4 is 11.6 Å². The first-order chi connectivity index (χ1) is 11.6. The van der Waals surface area contributed by atoms with E-state index in [4.69, 9.17) is 5.11 Å². The number of rotatable bonds is 3. The molecular weight excluding hydrogens is 347 g/mol. The van der Waals surface area contributed by atoms with E-state index >= 15 is 0 Å². The third-order valence-corrected chi connectivity index (χ3v) is 4.56. The zero-order valence-electron chi connectivity index (χ0n) is 13.0. The number of imidazole rings is 1. The van der Waals surface area contributed by atoms with Crippen molar-refractivity contribution in [1.29, 1.82) is 0 Å². The molecule has 0 aromatic carbocycles. The molecule has 0 spiro atoms. The standard InChI is InChI=1S/C16H15F5N2O2/c17-15(18)4-1-9(2-5-15)7-11-13(16(19,20)21)22-12-8-10(14(24)25)3-6-23(11)12/h3,6,8-9H,1-2,4-5,7H2,(H,24,25). The maximum absolute atomic E-state index is 13.3. The molecule has 0 aliphatic heterocycles. The average molecular weight is 362 g/mol. The summed E-state index contributed by atoms with van der Waals surface area (Å²) in [6, 6.07) is 2.26. The van der Waals surface area contributed by atoms with Gasteiger partial charge in [-0.15, -0.1) is 0 Å². The summed E-state index contributed by atoms with van der Waals surface area (Å²) in [5, 5.41) is 8.96. The van der Waals surface area contributed by atoms with Gasteiger partial charge < -0.3 is 9.51 Å². The van der Waals surface area contributed by atoms with Crippen LogP contribution in [0.4, 0.5) is 22.0 Å². The quantitative estimate of drug-likeness (QED) is 0.823. The predicted molar refractivity (Wildman–Crippen MR) is 77.8 cm³/mol. The SMILES string of the molecule is O=C(O)c1ccn2c(CC3CCC(F)(F)CC3)c(C(F)(F)F)nc2c1. The second-order valence-electron chi connectivity index (χ2n) is 6.36. The van der Waals surface area contributed by atoms with Crippen molar-refractivity contribution in [3.8, 4) is 0 Å². The van der Waals surface area contributed by atoms with E-state index in [1.54, 1.807) is 0 Å². The molecule has 0 bridgehead atoms. The van der Waals surface area contributed by atoms with E-state index in [0.717, 1.165) is 6.07 Å². The molecule has 1 saturated carbocycles. The number of carbonyl (C=O) groups is 1. The van der Waals surface area contributed by atoms with Crippen molar-refractivity contribution in [1.82, 2.24) is 9.38 Å². The lowest BCUT2D eigenvalue weighted by Crippen LogP contribution is -2.26. The molecule has 0 atom stereocenters. The van der Waals surface area contributed by atoms with Crippen molar-refractivity contribution in [3.05, 3.63) is 35.3 Å². The van der Waals surface area contributed by atoms with Gasteiger partial charge in [-0.05, 0) is 37.3 Å². The van der Waals surface area contributed by atoms with Crippen molar-refractivity contribution in [3.63, 3.8) is 0 Å². The van der Waals surface area contributed by atoms with E-state index in [-0.39, 0.29) is 54.9 Å². The highest BCUT2D eigenvalue weighted by atomic mass is 19.4. The predicted octanol–water partition coefficient (Wildman–Crippen LogP) is 4.42. The summed E-state index contributed by atoms with van der Waals surface area (Å²) in [5.41, 5.74) is -1.50. The Bertz CT molecular complexity index is 803. The molecule has 136 valence electrons. The number of aromatic nitrogens is 2. The second kappa shape index (κ2) is 5.96. The number of fused-ring (bicyclic) bond motifs is 1. The van der Waals surface area contributed by atoms with Crippen LogP contribution in [0.15, 0.2) is 18.3 Å². The van der Waals surface area contributed by atoms with Crippen LogP contribution in [0.1, 0.15) is 47.4 Å². The van der Waals surface area contributed by atoms with Crippen molar-refractivity contribution in [2.24, 2.45) is 5.92 Å². The summed E-state index contributed by atoms with van der Waals surface area (Å²) in [7, 11) is 0. The Balaban J connectivity index is 1.98. The topological polar surface area (TPSA) is 54.6 Å². The third kappa shape index (κ3) is 3.59. The monoisotopic (exact) mass is 362 g/mol. The number of carboxylic acid groups (broad SMARTS) is 1. The summed E-state index contributed by atoms with van der Waals surface area (Å²) in [4.78, 5) is 14.5. The van der Waals surface area contributed by atoms with Crippen LogP contribution in [-0.2, 0) is 12.6 Å². The highest BCUT2D eigenvalue weighted by Crippen LogP contribution is 2.39. The van der Waals surface area contributed by atoms with Gasteiger partial charge in [-0.25, -0.2) is 18.6 Å². The first-order valence-corrected chi connectivity index (χ1v) is 7.76. The van der Waals surface area contributed by atoms with Gasteiger partial charge in [-0.2, -0.15) is 13.2 Å². The molecule has 2 aromatic heterocycles. The average Bonchev–Trinajstić information content (AvgIpc) is 2.87. The summed E-state index contributed by atoms with van der Waals surface area (Å²) >= 11 is 0. The largest absolute Gasteiger partial charge is 0.478 e. The Labute approximate surface area is 139 Å². The number of alkyl halides is 5. The fraction of sp³-hybridized carbons (Fsp3) is 0.500. The van der Waals surface area contributed by atoms with E-state index in [9.17, 15) is 26.7 Å². The molecule has 0 amide bonds. The van der Waals surface area contributed by atoms with Crippen LogP contribution in [0.5, 0.6) is 0 Å². The molecule has 0 unspecified atom stereocenters. The second-order valence-corrected chi connectivity index (χ2v) is 6.36. The molecule has 25 heavy (non-hydrogen) atoms. The Hall–Kier alpha value is -2.19. The lowest BCUT2D eigenvalue weighted by molar-refractivity contribution is -0.141. The van der Waals surface area contributed by atoms with Gasteiger partial charge in [0.25, 0.3) is 0 Å². The fourth-order valence-electron chi connectivity index (χ4n) is 3.23. The molecule has 3 rings (SSSR count). The van der Waals surface area contributed by atoms with Gasteiger partial charge in [0.2, 0.25) is 5.92 Å². The molecule has 1 fully saturated rings. The number of halogens is 5. The van der Waals surface area contributed by atoms with Crippen molar-refractivity contribution in [2.45, 2.75) is 44.2 Å². The lowest BCUT2D eigenvalue weighted by atomic mass is 9.83. The normalized spacial score (nSPS) is 18.6. The van der Waals surface area contributed by atoms with Crippen molar-refractivity contribution < 1.29 is 31.9 Å². The summed E-state index contributed by atoms with van der Waals surface area (Å²) < 4.78 is 67.6. The maximum Gasteiger partial charge on any atom is 0.435 e. The number of aromatic carboxylic acids is 1. The van der Waals surface area contributed by atoms with Gasteiger partial charge in [0, 0.05) is 19.0 Å². The van der Waals surface area contributed by atoms with Crippen LogP contribution in [0.2, 0.25) is 0 Å². The number of carboxylic acids is 1. The molecular formula is C16H15F5N2O2. The van der Waals surface area contributed by atoms with E-state index in [1.165, 1.54) is 16.7 Å². The number of pyridine rings is 1. The minimum Gasteiger partial charge on any atom is -0.478 e. The molecule has 2 aromatic rings. The van der Waals surface area contributed by atoms with Crippen LogP contribution in [0.25, 0.3) is 5.65 Å². The summed E-state index contributed by atoms with van der Waals surface area (Å²) in [5.74, 6) is -4.31. The smallest absolute Gasteiger partial charge is 0.435 e. The van der Waals surface area contributed by atoms with E-state index in [1.807, 2.05) is 0 Å². The Kier molecular flexibility index (Phi) is 4.20. The zero-order chi connectivity index (χ0) is 18.4. The Morgan fingerprint density at radius 3 is 2.52 bits per heavy atom. The van der Waals surface area contributed by atoms with Gasteiger partial charge >= 0.3 is 12.1 Å². The van der Waals surface area contributed by atoms with Gasteiger partial charge in [0.15, 0.2) is 5.69 Å². The van der Waals surface area contributed by atoms with Crippen LogP contribution in [0.3, 0.4) is 0 Å². The van der Waals surface area contributed by atoms with E-state index in [0.29, 0.717) is 0 Å². The molecule has 4 nitrogen and oxygen atoms in total. The fourth-order valence-corrected chi connectivity index (χ4v) is 3.23. The van der Waals surface area contributed by atoms with Gasteiger partial charge in [0.05, 0.1) is 11.3 Å². The zero-order valence-corrected chi connectivity index (χ0v) is 13.0. The minimum absolute atomic E-state index is 0.0293. The highest BCUT2D eigenvalue weighted by molar-refractivity contribution is 5.88. The third-order valence-electron chi connectivity index (χ3n) is 4.56. The molecule has 1 aliphatic rings. The summed E-state index contributed by atoms with van der Waals surface area (Å²) in [6.45, 7) is 0. The van der Waals surface area contributed by atoms with E-state index < -0.39 is 23.8 Å². The lowest BCUT2D eigenvalue weighted by Gasteiger charge is -2.28. The Morgan fingerprint density at radius 2 is 1.96 bits per heavy atom. The van der Waals surface area contributed by atoms with E-state index in [2.05, 4.69) is 4.98 Å². The van der Waals surface area contributed by atoms with Crippen LogP contribution < -0.4 is 0 Å². The first-order valence-electron chi connectivity index (χ1n) is 7.76. The first kappa shape index (κ1) is 17.6. The number of nitrogens with zero attached hydrogens (tertiary/aromatic N) is 2. The molecule has 9 heteroatoms. The van der Waals surface area contributed by atoms with Crippen LogP contribution in [0, 0.1) is 5.92 Å². The van der Waals surface area contributed by atoms with Gasteiger partial charge in [-0.1, -0.05) is 0 Å². The number of hydrogen-bond acceptors (Lipinski definition) is 2. The van der Waals surface area contributed by atoms with Crippen LogP contribution in [-0.4, -0.2) is 26.4 Å². The van der Waals surface area contributed by atoms with Crippen molar-refractivity contribution in [2.75, 3.05) is 0 Å². The summed E-state index contributed by atoms with van der Waals surface area (Å²) in [6.07, 6.45) is -3.89. The Morgan fingerprint density at radius 1 is 1.32 bits per heavy atom. The molecule has 0 radical (unpaired) electrons. The van der Waals surface area contributed by atoms with Crippen LogP contribution >= 0.6 is 0 Å². The van der Waals surface area contributed by atoms with Gasteiger partial charge in [-0.3, -0.25) is 0 Å². The number of hydrogen-bond donors (Lipinski definition) is 1. The molecule has 1 aliphatic carbocycles. The van der Waals surface area contributed by atoms with Gasteiger partial charge in [0.1, 0.15) is 5.65 Å².